The Morgan fingerprint density at radius 2 is 1.69 bits per heavy atom. The molecule has 0 atom stereocenters. The molecule has 7 heteroatoms. The predicted molar refractivity (Wildman–Crippen MR) is 111 cm³/mol. The number of furan rings is 1. The number of H-pyrrole nitrogens is 1. The largest absolute Gasteiger partial charge is 0.451 e. The zero-order valence-corrected chi connectivity index (χ0v) is 16.0. The van der Waals surface area contributed by atoms with Gasteiger partial charge in [0.05, 0.1) is 10.9 Å². The molecule has 4 aromatic rings. The third kappa shape index (κ3) is 2.95. The van der Waals surface area contributed by atoms with Gasteiger partial charge in [-0.1, -0.05) is 30.3 Å². The van der Waals surface area contributed by atoms with Gasteiger partial charge in [0.1, 0.15) is 5.58 Å². The lowest BCUT2D eigenvalue weighted by Crippen LogP contribution is -2.49. The zero-order chi connectivity index (χ0) is 20.0. The molecule has 7 nitrogen and oxygen atoms in total. The van der Waals surface area contributed by atoms with Crippen LogP contribution in [0.5, 0.6) is 0 Å². The number of piperazine rings is 1. The Bertz CT molecular complexity index is 1280. The maximum absolute atomic E-state index is 13.0. The minimum Gasteiger partial charge on any atom is -0.451 e. The van der Waals surface area contributed by atoms with Gasteiger partial charge >= 0.3 is 0 Å². The van der Waals surface area contributed by atoms with Crippen molar-refractivity contribution >= 4 is 33.7 Å². The van der Waals surface area contributed by atoms with E-state index in [0.29, 0.717) is 48.8 Å². The minimum atomic E-state index is -0.151. The van der Waals surface area contributed by atoms with Crippen LogP contribution in [0.2, 0.25) is 0 Å². The maximum atomic E-state index is 13.0. The fourth-order valence-electron chi connectivity index (χ4n) is 3.87. The molecule has 1 aliphatic heterocycles. The third-order valence-corrected chi connectivity index (χ3v) is 5.50. The molecule has 5 rings (SSSR count). The number of para-hydroxylation sites is 2. The average Bonchev–Trinajstić information content (AvgIpc) is 3.10. The summed E-state index contributed by atoms with van der Waals surface area (Å²) in [5.74, 6) is 0.843. The van der Waals surface area contributed by atoms with Gasteiger partial charge in [-0.15, -0.1) is 0 Å². The highest BCUT2D eigenvalue weighted by Gasteiger charge is 2.27. The molecule has 2 aromatic carbocycles. The van der Waals surface area contributed by atoms with Gasteiger partial charge in [0, 0.05) is 37.1 Å². The molecule has 1 fully saturated rings. The Kier molecular flexibility index (Phi) is 4.08. The summed E-state index contributed by atoms with van der Waals surface area (Å²) in [6.45, 7) is 4.16. The van der Waals surface area contributed by atoms with Crippen LogP contribution in [-0.2, 0) is 0 Å². The van der Waals surface area contributed by atoms with Crippen molar-refractivity contribution in [3.63, 3.8) is 0 Å². The van der Waals surface area contributed by atoms with Gasteiger partial charge < -0.3 is 14.2 Å². The van der Waals surface area contributed by atoms with Crippen molar-refractivity contribution in [2.45, 2.75) is 6.92 Å². The average molecular weight is 388 g/mol. The Labute approximate surface area is 166 Å². The summed E-state index contributed by atoms with van der Waals surface area (Å²) >= 11 is 0. The first kappa shape index (κ1) is 17.5. The molecule has 3 heterocycles. The number of aromatic amines is 1. The van der Waals surface area contributed by atoms with Gasteiger partial charge in [-0.05, 0) is 25.1 Å². The number of hydrogen-bond donors (Lipinski definition) is 1. The molecule has 29 heavy (non-hydrogen) atoms. The van der Waals surface area contributed by atoms with Crippen LogP contribution >= 0.6 is 0 Å². The van der Waals surface area contributed by atoms with Gasteiger partial charge in [0.25, 0.3) is 11.5 Å². The number of carbonyl (C=O) groups excluding carboxylic acids is 1. The minimum absolute atomic E-state index is 0.0988. The Balaban J connectivity index is 1.35. The van der Waals surface area contributed by atoms with E-state index in [0.717, 1.165) is 16.5 Å². The molecule has 1 amide bonds. The number of carbonyl (C=O) groups is 1. The van der Waals surface area contributed by atoms with Gasteiger partial charge in [-0.25, -0.2) is 4.98 Å². The van der Waals surface area contributed by atoms with Crippen molar-refractivity contribution in [2.75, 3.05) is 31.1 Å². The second kappa shape index (κ2) is 6.77. The van der Waals surface area contributed by atoms with Crippen LogP contribution < -0.4 is 10.5 Å². The van der Waals surface area contributed by atoms with E-state index in [1.165, 1.54) is 0 Å². The van der Waals surface area contributed by atoms with E-state index in [1.807, 2.05) is 54.3 Å². The monoisotopic (exact) mass is 388 g/mol. The second-order valence-electron chi connectivity index (χ2n) is 7.24. The van der Waals surface area contributed by atoms with Crippen molar-refractivity contribution < 1.29 is 9.21 Å². The summed E-state index contributed by atoms with van der Waals surface area (Å²) in [6.07, 6.45) is 0. The Morgan fingerprint density at radius 1 is 1.00 bits per heavy atom. The van der Waals surface area contributed by atoms with Crippen LogP contribution in [0, 0.1) is 6.92 Å². The summed E-state index contributed by atoms with van der Waals surface area (Å²) in [5, 5.41) is 1.54. The number of nitrogens with one attached hydrogen (secondary N) is 1. The number of aryl methyl sites for hydroxylation is 1. The maximum Gasteiger partial charge on any atom is 0.290 e. The Hall–Kier alpha value is -3.61. The van der Waals surface area contributed by atoms with Crippen LogP contribution in [0.4, 0.5) is 5.95 Å². The van der Waals surface area contributed by atoms with Crippen molar-refractivity contribution in [1.82, 2.24) is 14.9 Å². The molecule has 146 valence electrons. The van der Waals surface area contributed by atoms with Crippen LogP contribution in [0.15, 0.2) is 57.7 Å². The van der Waals surface area contributed by atoms with Crippen LogP contribution in [0.3, 0.4) is 0 Å². The van der Waals surface area contributed by atoms with E-state index in [-0.39, 0.29) is 11.5 Å². The summed E-state index contributed by atoms with van der Waals surface area (Å²) in [5.41, 5.74) is 2.11. The van der Waals surface area contributed by atoms with E-state index < -0.39 is 0 Å². The summed E-state index contributed by atoms with van der Waals surface area (Å²) in [6, 6.07) is 15.0. The van der Waals surface area contributed by atoms with E-state index in [2.05, 4.69) is 9.97 Å². The molecule has 0 bridgehead atoms. The summed E-state index contributed by atoms with van der Waals surface area (Å²) < 4.78 is 5.82. The lowest BCUT2D eigenvalue weighted by atomic mass is 10.1. The van der Waals surface area contributed by atoms with E-state index in [9.17, 15) is 9.59 Å². The van der Waals surface area contributed by atoms with E-state index in [1.54, 1.807) is 11.0 Å². The highest BCUT2D eigenvalue weighted by Crippen LogP contribution is 2.26. The fourth-order valence-corrected chi connectivity index (χ4v) is 3.87. The fraction of sp³-hybridized carbons (Fsp3) is 0.227. The highest BCUT2D eigenvalue weighted by molar-refractivity contribution is 5.99. The number of anilines is 1. The van der Waals surface area contributed by atoms with Gasteiger partial charge in [0.2, 0.25) is 5.95 Å². The Morgan fingerprint density at radius 3 is 2.45 bits per heavy atom. The number of rotatable bonds is 2. The van der Waals surface area contributed by atoms with Crippen molar-refractivity contribution in [3.8, 4) is 0 Å². The molecule has 1 aliphatic rings. The summed E-state index contributed by atoms with van der Waals surface area (Å²) in [4.78, 5) is 36.6. The molecule has 0 unspecified atom stereocenters. The normalized spacial score (nSPS) is 14.7. The van der Waals surface area contributed by atoms with Crippen LogP contribution in [0.1, 0.15) is 16.1 Å². The molecule has 0 radical (unpaired) electrons. The van der Waals surface area contributed by atoms with Gasteiger partial charge in [-0.2, -0.15) is 0 Å². The van der Waals surface area contributed by atoms with Crippen LogP contribution in [0.25, 0.3) is 21.9 Å². The quantitative estimate of drug-likeness (QED) is 0.571. The molecule has 1 N–H and O–H groups in total. The number of nitrogens with zero attached hydrogens (tertiary/aromatic N) is 3. The first-order valence-electron chi connectivity index (χ1n) is 9.63. The standard InChI is InChI=1S/C22H20N4O3/c1-14-15-6-3-5-9-18(15)29-19(14)21(28)25-10-12-26(13-11-25)22-23-17-8-4-2-7-16(17)20(27)24-22/h2-9H,10-13H2,1H3,(H,23,24,27). The molecular formula is C22H20N4O3. The number of fused-ring (bicyclic) bond motifs is 2. The topological polar surface area (TPSA) is 82.4 Å². The zero-order valence-electron chi connectivity index (χ0n) is 16.0. The van der Waals surface area contributed by atoms with E-state index >= 15 is 0 Å². The first-order chi connectivity index (χ1) is 14.1. The molecule has 1 saturated heterocycles. The van der Waals surface area contributed by atoms with Crippen LogP contribution in [-0.4, -0.2) is 47.0 Å². The lowest BCUT2D eigenvalue weighted by molar-refractivity contribution is 0.0715. The van der Waals surface area contributed by atoms with Crippen molar-refractivity contribution in [2.24, 2.45) is 0 Å². The number of benzene rings is 2. The number of hydrogen-bond acceptors (Lipinski definition) is 5. The molecule has 2 aromatic heterocycles. The highest BCUT2D eigenvalue weighted by atomic mass is 16.3. The van der Waals surface area contributed by atoms with Gasteiger partial charge in [0.15, 0.2) is 5.76 Å². The molecule has 0 aliphatic carbocycles. The van der Waals surface area contributed by atoms with Crippen molar-refractivity contribution in [1.29, 1.82) is 0 Å². The van der Waals surface area contributed by atoms with E-state index in [4.69, 9.17) is 4.42 Å². The van der Waals surface area contributed by atoms with Gasteiger partial charge in [-0.3, -0.25) is 14.6 Å². The molecular weight excluding hydrogens is 368 g/mol. The predicted octanol–water partition coefficient (Wildman–Crippen LogP) is 2.94. The molecule has 0 saturated carbocycles. The first-order valence-corrected chi connectivity index (χ1v) is 9.63. The third-order valence-electron chi connectivity index (χ3n) is 5.50. The summed E-state index contributed by atoms with van der Waals surface area (Å²) in [7, 11) is 0. The SMILES string of the molecule is Cc1c(C(=O)N2CCN(c3nc4ccccc4c(=O)[nH]3)CC2)oc2ccccc12. The van der Waals surface area contributed by atoms with Crippen molar-refractivity contribution in [3.05, 3.63) is 70.2 Å². The number of amides is 1. The smallest absolute Gasteiger partial charge is 0.290 e. The number of aromatic nitrogens is 2. The molecule has 0 spiro atoms. The second-order valence-corrected chi connectivity index (χ2v) is 7.24. The lowest BCUT2D eigenvalue weighted by Gasteiger charge is -2.34.